The Morgan fingerprint density at radius 2 is 2.33 bits per heavy atom. The minimum Gasteiger partial charge on any atom is -0.354 e. The van der Waals surface area contributed by atoms with Gasteiger partial charge in [0.2, 0.25) is 0 Å². The van der Waals surface area contributed by atoms with E-state index in [9.17, 15) is 9.18 Å². The lowest BCUT2D eigenvalue weighted by molar-refractivity contribution is -0.121. The van der Waals surface area contributed by atoms with Crippen LogP contribution in [0.4, 0.5) is 4.39 Å². The molecule has 0 rings (SSSR count). The predicted octanol–water partition coefficient (Wildman–Crippen LogP) is 0.857. The first-order valence-electron chi connectivity index (χ1n) is 2.70. The lowest BCUT2D eigenvalue weighted by atomic mass is 10.5. The number of alkyl halides is 2. The molecule has 2 nitrogen and oxygen atoms in total. The Morgan fingerprint density at radius 3 is 2.78 bits per heavy atom. The highest BCUT2D eigenvalue weighted by Gasteiger charge is 1.95. The van der Waals surface area contributed by atoms with Gasteiger partial charge >= 0.3 is 0 Å². The van der Waals surface area contributed by atoms with Crippen molar-refractivity contribution < 1.29 is 9.18 Å². The van der Waals surface area contributed by atoms with Crippen LogP contribution >= 0.6 is 15.9 Å². The van der Waals surface area contributed by atoms with E-state index >= 15 is 0 Å². The molecule has 0 unspecified atom stereocenters. The number of carbonyl (C=O) groups excluding carboxylic acids is 1. The summed E-state index contributed by atoms with van der Waals surface area (Å²) in [5, 5.41) is 3.22. The fourth-order valence-corrected chi connectivity index (χ4v) is 0.622. The molecule has 0 radical (unpaired) electrons. The molecule has 54 valence electrons. The van der Waals surface area contributed by atoms with Crippen LogP contribution in [0.15, 0.2) is 0 Å². The third-order valence-electron chi connectivity index (χ3n) is 0.754. The van der Waals surface area contributed by atoms with Gasteiger partial charge in [-0.2, -0.15) is 0 Å². The van der Waals surface area contributed by atoms with E-state index in [4.69, 9.17) is 0 Å². The predicted molar refractivity (Wildman–Crippen MR) is 37.4 cm³/mol. The molecular weight excluding hydrogens is 189 g/mol. The van der Waals surface area contributed by atoms with Crippen molar-refractivity contribution in [3.05, 3.63) is 0 Å². The molecule has 1 amide bonds. The molecule has 0 aliphatic carbocycles. The Kier molecular flexibility index (Phi) is 5.93. The highest BCUT2D eigenvalue weighted by atomic mass is 79.9. The molecule has 0 fully saturated rings. The van der Waals surface area contributed by atoms with Crippen LogP contribution in [0.5, 0.6) is 0 Å². The molecule has 0 heterocycles. The average Bonchev–Trinajstić information content (AvgIpc) is 1.89. The van der Waals surface area contributed by atoms with Crippen LogP contribution in [0.25, 0.3) is 0 Å². The maximum atomic E-state index is 11.4. The van der Waals surface area contributed by atoms with Crippen LogP contribution in [0.2, 0.25) is 0 Å². The zero-order valence-electron chi connectivity index (χ0n) is 4.99. The second-order valence-corrected chi connectivity index (χ2v) is 2.32. The van der Waals surface area contributed by atoms with Crippen LogP contribution in [0.1, 0.15) is 6.42 Å². The molecule has 9 heavy (non-hydrogen) atoms. The molecule has 0 saturated heterocycles. The fraction of sp³-hybridized carbons (Fsp3) is 0.800. The van der Waals surface area contributed by atoms with E-state index in [0.29, 0.717) is 6.54 Å². The van der Waals surface area contributed by atoms with E-state index in [2.05, 4.69) is 21.2 Å². The molecule has 0 aromatic carbocycles. The topological polar surface area (TPSA) is 29.1 Å². The zero-order valence-corrected chi connectivity index (χ0v) is 6.58. The third-order valence-corrected chi connectivity index (χ3v) is 1.31. The molecule has 0 aromatic heterocycles. The molecule has 0 aromatic rings. The Bertz CT molecular complexity index is 89.0. The smallest absolute Gasteiger partial charge is 0.251 e. The SMILES string of the molecule is O=C(CF)NCCCBr. The van der Waals surface area contributed by atoms with Crippen LogP contribution in [0, 0.1) is 0 Å². The van der Waals surface area contributed by atoms with Gasteiger partial charge in [0.25, 0.3) is 5.91 Å². The third kappa shape index (κ3) is 5.76. The van der Waals surface area contributed by atoms with E-state index in [0.717, 1.165) is 11.8 Å². The normalized spacial score (nSPS) is 9.11. The summed E-state index contributed by atoms with van der Waals surface area (Å²) in [4.78, 5) is 10.2. The number of rotatable bonds is 4. The van der Waals surface area contributed by atoms with Gasteiger partial charge in [0.15, 0.2) is 6.67 Å². The number of amides is 1. The molecule has 0 aliphatic rings. The van der Waals surface area contributed by atoms with E-state index in [1.807, 2.05) is 0 Å². The molecule has 0 bridgehead atoms. The number of carbonyl (C=O) groups is 1. The molecule has 0 spiro atoms. The zero-order chi connectivity index (χ0) is 7.11. The van der Waals surface area contributed by atoms with Gasteiger partial charge in [-0.25, -0.2) is 4.39 Å². The van der Waals surface area contributed by atoms with Crippen LogP contribution in [-0.2, 0) is 4.79 Å². The number of hydrogen-bond donors (Lipinski definition) is 1. The molecule has 0 aliphatic heterocycles. The summed E-state index contributed by atoms with van der Waals surface area (Å²) in [6.45, 7) is -0.365. The molecule has 4 heteroatoms. The summed E-state index contributed by atoms with van der Waals surface area (Å²) in [5.41, 5.74) is 0. The van der Waals surface area contributed by atoms with Crippen molar-refractivity contribution in [2.45, 2.75) is 6.42 Å². The van der Waals surface area contributed by atoms with Crippen molar-refractivity contribution in [3.8, 4) is 0 Å². The highest BCUT2D eigenvalue weighted by molar-refractivity contribution is 9.09. The first kappa shape index (κ1) is 8.88. The molecule has 1 N–H and O–H groups in total. The maximum absolute atomic E-state index is 11.4. The van der Waals surface area contributed by atoms with E-state index < -0.39 is 12.6 Å². The van der Waals surface area contributed by atoms with Crippen molar-refractivity contribution in [1.82, 2.24) is 5.32 Å². The summed E-state index contributed by atoms with van der Waals surface area (Å²) in [6.07, 6.45) is 0.839. The van der Waals surface area contributed by atoms with E-state index in [1.165, 1.54) is 0 Å². The first-order valence-corrected chi connectivity index (χ1v) is 3.82. The van der Waals surface area contributed by atoms with Gasteiger partial charge in [0.1, 0.15) is 0 Å². The maximum Gasteiger partial charge on any atom is 0.251 e. The van der Waals surface area contributed by atoms with Gasteiger partial charge < -0.3 is 5.32 Å². The fourth-order valence-electron chi connectivity index (χ4n) is 0.342. The Balaban J connectivity index is 2.97. The number of halogens is 2. The van der Waals surface area contributed by atoms with Gasteiger partial charge in [0, 0.05) is 11.9 Å². The summed E-state index contributed by atoms with van der Waals surface area (Å²) < 4.78 is 11.4. The van der Waals surface area contributed by atoms with E-state index in [-0.39, 0.29) is 0 Å². The first-order chi connectivity index (χ1) is 4.31. The Morgan fingerprint density at radius 1 is 1.67 bits per heavy atom. The van der Waals surface area contributed by atoms with Gasteiger partial charge in [-0.1, -0.05) is 15.9 Å². The van der Waals surface area contributed by atoms with Crippen molar-refractivity contribution in [1.29, 1.82) is 0 Å². The Hall–Kier alpha value is -0.120. The van der Waals surface area contributed by atoms with Gasteiger partial charge in [-0.3, -0.25) is 4.79 Å². The number of nitrogens with one attached hydrogen (secondary N) is 1. The second-order valence-electron chi connectivity index (χ2n) is 1.53. The van der Waals surface area contributed by atoms with Crippen LogP contribution in [-0.4, -0.2) is 24.5 Å². The van der Waals surface area contributed by atoms with Crippen molar-refractivity contribution in [3.63, 3.8) is 0 Å². The van der Waals surface area contributed by atoms with Gasteiger partial charge in [0.05, 0.1) is 0 Å². The van der Waals surface area contributed by atoms with Gasteiger partial charge in [-0.05, 0) is 6.42 Å². The molecule has 0 atom stereocenters. The standard InChI is InChI=1S/C5H9BrFNO/c6-2-1-3-8-5(9)4-7/h1-4H2,(H,8,9). The summed E-state index contributed by atoms with van der Waals surface area (Å²) in [5.74, 6) is -0.532. The molecular formula is C5H9BrFNO. The quantitative estimate of drug-likeness (QED) is 0.526. The summed E-state index contributed by atoms with van der Waals surface area (Å²) in [7, 11) is 0. The minimum atomic E-state index is -0.914. The number of hydrogen-bond acceptors (Lipinski definition) is 1. The van der Waals surface area contributed by atoms with Gasteiger partial charge in [-0.15, -0.1) is 0 Å². The minimum absolute atomic E-state index is 0.532. The lowest BCUT2D eigenvalue weighted by Gasteiger charge is -1.97. The summed E-state index contributed by atoms with van der Waals surface area (Å²) in [6, 6.07) is 0. The molecule has 0 saturated carbocycles. The van der Waals surface area contributed by atoms with E-state index in [1.54, 1.807) is 0 Å². The van der Waals surface area contributed by atoms with Crippen molar-refractivity contribution >= 4 is 21.8 Å². The largest absolute Gasteiger partial charge is 0.354 e. The van der Waals surface area contributed by atoms with Crippen LogP contribution in [0.3, 0.4) is 0 Å². The van der Waals surface area contributed by atoms with Crippen LogP contribution < -0.4 is 5.32 Å². The van der Waals surface area contributed by atoms with Crippen molar-refractivity contribution in [2.24, 2.45) is 0 Å². The summed E-state index contributed by atoms with van der Waals surface area (Å²) >= 11 is 3.18. The Labute approximate surface area is 61.9 Å². The highest BCUT2D eigenvalue weighted by Crippen LogP contribution is 1.83. The van der Waals surface area contributed by atoms with Crippen molar-refractivity contribution in [2.75, 3.05) is 18.5 Å². The second kappa shape index (κ2) is 6.01. The monoisotopic (exact) mass is 197 g/mol. The lowest BCUT2D eigenvalue weighted by Crippen LogP contribution is -2.25. The average molecular weight is 198 g/mol.